The van der Waals surface area contributed by atoms with E-state index in [-0.39, 0.29) is 23.5 Å². The van der Waals surface area contributed by atoms with E-state index in [4.69, 9.17) is 0 Å². The smallest absolute Gasteiger partial charge is 0.220 e. The van der Waals surface area contributed by atoms with Crippen LogP contribution in [-0.2, 0) is 9.59 Å². The van der Waals surface area contributed by atoms with Crippen LogP contribution in [0.3, 0.4) is 0 Å². The average molecular weight is 169 g/mol. The van der Waals surface area contributed by atoms with Gasteiger partial charge in [-0.2, -0.15) is 0 Å². The molecule has 1 aliphatic rings. The van der Waals surface area contributed by atoms with Gasteiger partial charge in [-0.05, 0) is 6.42 Å². The number of carbonyl (C=O) groups excluding carboxylic acids is 2. The Morgan fingerprint density at radius 2 is 2.25 bits per heavy atom. The molecule has 1 aliphatic heterocycles. The van der Waals surface area contributed by atoms with Crippen molar-refractivity contribution >= 4 is 11.7 Å². The van der Waals surface area contributed by atoms with Crippen LogP contribution >= 0.6 is 0 Å². The second kappa shape index (κ2) is 3.70. The lowest BCUT2D eigenvalue weighted by Crippen LogP contribution is -2.39. The number of hydrogen-bond acceptors (Lipinski definition) is 2. The Morgan fingerprint density at radius 3 is 2.67 bits per heavy atom. The normalized spacial score (nSPS) is 23.9. The van der Waals surface area contributed by atoms with Gasteiger partial charge in [-0.1, -0.05) is 13.8 Å². The van der Waals surface area contributed by atoms with E-state index in [1.165, 1.54) is 0 Å². The van der Waals surface area contributed by atoms with Crippen LogP contribution in [-0.4, -0.2) is 18.2 Å². The van der Waals surface area contributed by atoms with Gasteiger partial charge in [-0.25, -0.2) is 0 Å². The molecule has 68 valence electrons. The summed E-state index contributed by atoms with van der Waals surface area (Å²) >= 11 is 0. The fraction of sp³-hybridized carbons (Fsp3) is 0.778. The first-order valence-corrected chi connectivity index (χ1v) is 4.41. The van der Waals surface area contributed by atoms with E-state index in [9.17, 15) is 9.59 Å². The molecule has 0 aromatic heterocycles. The number of hydrogen-bond donors (Lipinski definition) is 1. The molecule has 0 aromatic rings. The van der Waals surface area contributed by atoms with Gasteiger partial charge in [0.25, 0.3) is 0 Å². The molecule has 1 saturated heterocycles. The second-order valence-corrected chi connectivity index (χ2v) is 3.60. The minimum atomic E-state index is 0.0581. The Kier molecular flexibility index (Phi) is 2.84. The fourth-order valence-electron chi connectivity index (χ4n) is 1.45. The maximum absolute atomic E-state index is 11.5. The zero-order chi connectivity index (χ0) is 9.14. The molecule has 3 nitrogen and oxygen atoms in total. The van der Waals surface area contributed by atoms with Crippen LogP contribution in [0.5, 0.6) is 0 Å². The predicted molar refractivity (Wildman–Crippen MR) is 45.6 cm³/mol. The van der Waals surface area contributed by atoms with Crippen LogP contribution in [0.4, 0.5) is 0 Å². The fourth-order valence-corrected chi connectivity index (χ4v) is 1.45. The molecule has 0 spiro atoms. The predicted octanol–water partition coefficient (Wildman–Crippen LogP) is 0.738. The van der Waals surface area contributed by atoms with Gasteiger partial charge in [0.2, 0.25) is 5.91 Å². The van der Waals surface area contributed by atoms with Gasteiger partial charge in [0, 0.05) is 24.8 Å². The summed E-state index contributed by atoms with van der Waals surface area (Å²) in [6.07, 6.45) is 1.23. The van der Waals surface area contributed by atoms with Gasteiger partial charge < -0.3 is 5.32 Å². The van der Waals surface area contributed by atoms with Crippen LogP contribution in [0, 0.1) is 11.8 Å². The van der Waals surface area contributed by atoms with Crippen LogP contribution in [0.15, 0.2) is 0 Å². The van der Waals surface area contributed by atoms with Gasteiger partial charge in [-0.15, -0.1) is 0 Å². The molecule has 1 heterocycles. The average Bonchev–Trinajstić information content (AvgIpc) is 2.04. The Balaban J connectivity index is 2.44. The molecule has 0 radical (unpaired) electrons. The van der Waals surface area contributed by atoms with Crippen LogP contribution in [0.1, 0.15) is 26.7 Å². The molecule has 1 unspecified atom stereocenters. The Bertz CT molecular complexity index is 189. The highest BCUT2D eigenvalue weighted by atomic mass is 16.2. The van der Waals surface area contributed by atoms with E-state index in [1.807, 2.05) is 13.8 Å². The highest BCUT2D eigenvalue weighted by Gasteiger charge is 2.25. The second-order valence-electron chi connectivity index (χ2n) is 3.60. The van der Waals surface area contributed by atoms with Crippen molar-refractivity contribution in [3.8, 4) is 0 Å². The lowest BCUT2D eigenvalue weighted by molar-refractivity contribution is -0.129. The van der Waals surface area contributed by atoms with E-state index in [0.29, 0.717) is 13.0 Å². The number of rotatable bonds is 2. The molecular weight excluding hydrogens is 154 g/mol. The number of nitrogens with one attached hydrogen (secondary N) is 1. The Morgan fingerprint density at radius 1 is 1.58 bits per heavy atom. The third-order valence-corrected chi connectivity index (χ3v) is 2.24. The van der Waals surface area contributed by atoms with Gasteiger partial charge in [0.05, 0.1) is 0 Å². The Labute approximate surface area is 72.5 Å². The summed E-state index contributed by atoms with van der Waals surface area (Å²) < 4.78 is 0. The summed E-state index contributed by atoms with van der Waals surface area (Å²) in [6.45, 7) is 4.34. The number of carbonyl (C=O) groups is 2. The molecule has 0 saturated carbocycles. The van der Waals surface area contributed by atoms with Crippen molar-refractivity contribution in [1.82, 2.24) is 5.32 Å². The standard InChI is InChI=1S/C9H15NO2/c1-6(2)9(12)7-3-4-8(11)10-5-7/h6-7H,3-5H2,1-2H3,(H,10,11). The summed E-state index contributed by atoms with van der Waals surface area (Å²) in [7, 11) is 0. The van der Waals surface area contributed by atoms with Crippen molar-refractivity contribution in [2.75, 3.05) is 6.54 Å². The van der Waals surface area contributed by atoms with Crippen molar-refractivity contribution in [1.29, 1.82) is 0 Å². The molecule has 0 bridgehead atoms. The SMILES string of the molecule is CC(C)C(=O)C1CCC(=O)NC1. The van der Waals surface area contributed by atoms with Gasteiger partial charge in [-0.3, -0.25) is 9.59 Å². The van der Waals surface area contributed by atoms with Crippen molar-refractivity contribution in [3.63, 3.8) is 0 Å². The van der Waals surface area contributed by atoms with E-state index in [2.05, 4.69) is 5.32 Å². The number of Topliss-reactive ketones (excluding diaryl/α,β-unsaturated/α-hetero) is 1. The maximum atomic E-state index is 11.5. The van der Waals surface area contributed by atoms with Gasteiger partial charge in [0.1, 0.15) is 5.78 Å². The van der Waals surface area contributed by atoms with Crippen LogP contribution in [0.25, 0.3) is 0 Å². The van der Waals surface area contributed by atoms with E-state index in [0.717, 1.165) is 6.42 Å². The van der Waals surface area contributed by atoms with Crippen LogP contribution < -0.4 is 5.32 Å². The van der Waals surface area contributed by atoms with E-state index < -0.39 is 0 Å². The zero-order valence-electron chi connectivity index (χ0n) is 7.59. The Hall–Kier alpha value is -0.860. The summed E-state index contributed by atoms with van der Waals surface area (Å²) in [5.41, 5.74) is 0. The van der Waals surface area contributed by atoms with Crippen LogP contribution in [0.2, 0.25) is 0 Å². The summed E-state index contributed by atoms with van der Waals surface area (Å²) in [5.74, 6) is 0.491. The number of piperidine rings is 1. The molecule has 1 atom stereocenters. The van der Waals surface area contributed by atoms with Gasteiger partial charge >= 0.3 is 0 Å². The highest BCUT2D eigenvalue weighted by molar-refractivity contribution is 5.86. The van der Waals surface area contributed by atoms with E-state index >= 15 is 0 Å². The third kappa shape index (κ3) is 2.06. The zero-order valence-corrected chi connectivity index (χ0v) is 7.59. The maximum Gasteiger partial charge on any atom is 0.220 e. The molecule has 1 N–H and O–H groups in total. The third-order valence-electron chi connectivity index (χ3n) is 2.24. The summed E-state index contributed by atoms with van der Waals surface area (Å²) in [5, 5.41) is 2.71. The summed E-state index contributed by atoms with van der Waals surface area (Å²) in [4.78, 5) is 22.2. The molecule has 0 aliphatic carbocycles. The quantitative estimate of drug-likeness (QED) is 0.662. The molecule has 1 fully saturated rings. The molecule has 1 amide bonds. The monoisotopic (exact) mass is 169 g/mol. The minimum Gasteiger partial charge on any atom is -0.355 e. The van der Waals surface area contributed by atoms with Crippen molar-refractivity contribution in [3.05, 3.63) is 0 Å². The molecule has 3 heteroatoms. The summed E-state index contributed by atoms with van der Waals surface area (Å²) in [6, 6.07) is 0. The topological polar surface area (TPSA) is 46.2 Å². The van der Waals surface area contributed by atoms with Crippen molar-refractivity contribution in [2.24, 2.45) is 11.8 Å². The van der Waals surface area contributed by atoms with Crippen molar-refractivity contribution < 1.29 is 9.59 Å². The number of amides is 1. The van der Waals surface area contributed by atoms with E-state index in [1.54, 1.807) is 0 Å². The highest BCUT2D eigenvalue weighted by Crippen LogP contribution is 2.15. The molecule has 1 rings (SSSR count). The number of ketones is 1. The lowest BCUT2D eigenvalue weighted by atomic mass is 9.89. The minimum absolute atomic E-state index is 0.0581. The first-order valence-electron chi connectivity index (χ1n) is 4.41. The van der Waals surface area contributed by atoms with Gasteiger partial charge in [0.15, 0.2) is 0 Å². The molecule has 0 aromatic carbocycles. The largest absolute Gasteiger partial charge is 0.355 e. The first-order chi connectivity index (χ1) is 5.61. The van der Waals surface area contributed by atoms with Crippen molar-refractivity contribution in [2.45, 2.75) is 26.7 Å². The molecular formula is C9H15NO2. The molecule has 12 heavy (non-hydrogen) atoms. The lowest BCUT2D eigenvalue weighted by Gasteiger charge is -2.22. The first kappa shape index (κ1) is 9.23.